The first-order valence-corrected chi connectivity index (χ1v) is 9.49. The summed E-state index contributed by atoms with van der Waals surface area (Å²) in [5, 5.41) is 11.4. The Balaban J connectivity index is 2.29. The lowest BCUT2D eigenvalue weighted by Gasteiger charge is -2.12. The Morgan fingerprint density at radius 1 is 1.38 bits per heavy atom. The number of sulfonamides is 1. The molecule has 0 radical (unpaired) electrons. The molecular formula is C13H13BrClNO3S2. The van der Waals surface area contributed by atoms with Gasteiger partial charge in [-0.2, -0.15) is 0 Å². The minimum atomic E-state index is -3.69. The SMILES string of the molecule is Cc1c(CO)cc(Cl)cc1S(=O)(=O)NCc1cc(Br)cs1. The van der Waals surface area contributed by atoms with Gasteiger partial charge in [-0.05, 0) is 52.2 Å². The van der Waals surface area contributed by atoms with Gasteiger partial charge in [0.2, 0.25) is 10.0 Å². The number of thiophene rings is 1. The molecule has 0 amide bonds. The number of benzene rings is 1. The molecule has 0 aliphatic rings. The van der Waals surface area contributed by atoms with Gasteiger partial charge in [-0.3, -0.25) is 0 Å². The average molecular weight is 411 g/mol. The zero-order chi connectivity index (χ0) is 15.6. The standard InChI is InChI=1S/C13H13BrClNO3S2/c1-8-9(6-17)2-11(15)4-13(8)21(18,19)16-5-12-3-10(14)7-20-12/h2-4,7,16-17H,5-6H2,1H3. The van der Waals surface area contributed by atoms with Gasteiger partial charge in [0.15, 0.2) is 0 Å². The third kappa shape index (κ3) is 4.06. The fourth-order valence-corrected chi connectivity index (χ4v) is 4.95. The van der Waals surface area contributed by atoms with E-state index < -0.39 is 10.0 Å². The highest BCUT2D eigenvalue weighted by Crippen LogP contribution is 2.25. The lowest BCUT2D eigenvalue weighted by Crippen LogP contribution is -2.24. The van der Waals surface area contributed by atoms with Gasteiger partial charge >= 0.3 is 0 Å². The lowest BCUT2D eigenvalue weighted by atomic mass is 10.1. The molecule has 114 valence electrons. The van der Waals surface area contributed by atoms with E-state index in [1.165, 1.54) is 17.4 Å². The van der Waals surface area contributed by atoms with Crippen LogP contribution < -0.4 is 4.72 Å². The Morgan fingerprint density at radius 3 is 2.67 bits per heavy atom. The van der Waals surface area contributed by atoms with E-state index in [0.717, 1.165) is 9.35 Å². The van der Waals surface area contributed by atoms with Crippen molar-refractivity contribution in [1.82, 2.24) is 4.72 Å². The summed E-state index contributed by atoms with van der Waals surface area (Å²) in [6.45, 7) is 1.60. The minimum Gasteiger partial charge on any atom is -0.392 e. The highest BCUT2D eigenvalue weighted by Gasteiger charge is 2.19. The van der Waals surface area contributed by atoms with E-state index in [1.54, 1.807) is 13.0 Å². The van der Waals surface area contributed by atoms with Gasteiger partial charge in [0.05, 0.1) is 11.5 Å². The largest absolute Gasteiger partial charge is 0.392 e. The van der Waals surface area contributed by atoms with Gasteiger partial charge in [-0.15, -0.1) is 11.3 Å². The van der Waals surface area contributed by atoms with Crippen LogP contribution in [0.1, 0.15) is 16.0 Å². The molecule has 1 aromatic heterocycles. The van der Waals surface area contributed by atoms with Gasteiger partial charge in [-0.1, -0.05) is 11.6 Å². The third-order valence-corrected chi connectivity index (χ3v) is 6.39. The zero-order valence-corrected chi connectivity index (χ0v) is 15.0. The van der Waals surface area contributed by atoms with E-state index in [4.69, 9.17) is 11.6 Å². The average Bonchev–Trinajstić information content (AvgIpc) is 2.84. The van der Waals surface area contributed by atoms with Crippen LogP contribution in [0.3, 0.4) is 0 Å². The Bertz CT molecular complexity index is 759. The topological polar surface area (TPSA) is 66.4 Å². The summed E-state index contributed by atoms with van der Waals surface area (Å²) in [7, 11) is -3.69. The number of halogens is 2. The van der Waals surface area contributed by atoms with Gasteiger partial charge in [0, 0.05) is 26.3 Å². The van der Waals surface area contributed by atoms with E-state index in [0.29, 0.717) is 11.1 Å². The van der Waals surface area contributed by atoms with Crippen LogP contribution >= 0.6 is 38.9 Å². The maximum atomic E-state index is 12.4. The molecule has 0 saturated carbocycles. The number of aliphatic hydroxyl groups is 1. The van der Waals surface area contributed by atoms with E-state index in [1.807, 2.05) is 11.4 Å². The molecular weight excluding hydrogens is 398 g/mol. The molecule has 2 aromatic rings. The maximum absolute atomic E-state index is 12.4. The van der Waals surface area contributed by atoms with Gasteiger partial charge < -0.3 is 5.11 Å². The number of aliphatic hydroxyl groups excluding tert-OH is 1. The Morgan fingerprint density at radius 2 is 2.10 bits per heavy atom. The van der Waals surface area contributed by atoms with Crippen molar-refractivity contribution in [1.29, 1.82) is 0 Å². The first-order valence-electron chi connectivity index (χ1n) is 5.96. The van der Waals surface area contributed by atoms with Gasteiger partial charge in [-0.25, -0.2) is 13.1 Å². The van der Waals surface area contributed by atoms with Crippen LogP contribution in [-0.4, -0.2) is 13.5 Å². The second-order valence-electron chi connectivity index (χ2n) is 4.40. The van der Waals surface area contributed by atoms with Crippen LogP contribution in [0.2, 0.25) is 5.02 Å². The Labute approximate surface area is 140 Å². The molecule has 0 atom stereocenters. The first-order chi connectivity index (χ1) is 9.83. The summed E-state index contributed by atoms with van der Waals surface area (Å²) in [5.41, 5.74) is 1.00. The van der Waals surface area contributed by atoms with Crippen molar-refractivity contribution < 1.29 is 13.5 Å². The molecule has 1 heterocycles. The van der Waals surface area contributed by atoms with Crippen LogP contribution in [0.25, 0.3) is 0 Å². The van der Waals surface area contributed by atoms with Gasteiger partial charge in [0.1, 0.15) is 0 Å². The summed E-state index contributed by atoms with van der Waals surface area (Å²) < 4.78 is 28.3. The van der Waals surface area contributed by atoms with E-state index >= 15 is 0 Å². The summed E-state index contributed by atoms with van der Waals surface area (Å²) in [5.74, 6) is 0. The molecule has 21 heavy (non-hydrogen) atoms. The molecule has 0 bridgehead atoms. The number of rotatable bonds is 5. The molecule has 0 saturated heterocycles. The van der Waals surface area contributed by atoms with Crippen LogP contribution in [0.5, 0.6) is 0 Å². The van der Waals surface area contributed by atoms with Crippen LogP contribution in [0, 0.1) is 6.92 Å². The molecule has 4 nitrogen and oxygen atoms in total. The Hall–Kier alpha value is -0.440. The summed E-state index contributed by atoms with van der Waals surface area (Å²) in [4.78, 5) is 0.988. The summed E-state index contributed by atoms with van der Waals surface area (Å²) >= 11 is 10.7. The molecule has 0 aliphatic carbocycles. The second kappa shape index (κ2) is 6.76. The van der Waals surface area contributed by atoms with Crippen molar-refractivity contribution in [2.75, 3.05) is 0 Å². The van der Waals surface area contributed by atoms with Crippen LogP contribution in [0.4, 0.5) is 0 Å². The van der Waals surface area contributed by atoms with E-state index in [-0.39, 0.29) is 23.1 Å². The third-order valence-electron chi connectivity index (χ3n) is 2.95. The van der Waals surface area contributed by atoms with Crippen molar-refractivity contribution in [2.45, 2.75) is 25.0 Å². The van der Waals surface area contributed by atoms with Crippen molar-refractivity contribution in [3.05, 3.63) is 49.1 Å². The molecule has 0 unspecified atom stereocenters. The number of hydrogen-bond acceptors (Lipinski definition) is 4. The second-order valence-corrected chi connectivity index (χ2v) is 8.49. The van der Waals surface area contributed by atoms with Crippen LogP contribution in [0.15, 0.2) is 32.9 Å². The van der Waals surface area contributed by atoms with E-state index in [2.05, 4.69) is 20.7 Å². The summed E-state index contributed by atoms with van der Waals surface area (Å²) in [6.07, 6.45) is 0. The van der Waals surface area contributed by atoms with Crippen molar-refractivity contribution in [3.63, 3.8) is 0 Å². The van der Waals surface area contributed by atoms with Crippen molar-refractivity contribution in [2.24, 2.45) is 0 Å². The van der Waals surface area contributed by atoms with E-state index in [9.17, 15) is 13.5 Å². The monoisotopic (exact) mass is 409 g/mol. The number of nitrogens with one attached hydrogen (secondary N) is 1. The van der Waals surface area contributed by atoms with Crippen LogP contribution in [-0.2, 0) is 23.2 Å². The fraction of sp³-hybridized carbons (Fsp3) is 0.231. The number of hydrogen-bond donors (Lipinski definition) is 2. The first kappa shape index (κ1) is 16.9. The fourth-order valence-electron chi connectivity index (χ4n) is 1.84. The molecule has 1 aromatic carbocycles. The van der Waals surface area contributed by atoms with Gasteiger partial charge in [0.25, 0.3) is 0 Å². The molecule has 2 N–H and O–H groups in total. The van der Waals surface area contributed by atoms with Crippen molar-refractivity contribution in [3.8, 4) is 0 Å². The van der Waals surface area contributed by atoms with Crippen molar-refractivity contribution >= 4 is 48.9 Å². The maximum Gasteiger partial charge on any atom is 0.241 e. The highest BCUT2D eigenvalue weighted by molar-refractivity contribution is 9.10. The zero-order valence-electron chi connectivity index (χ0n) is 11.1. The quantitative estimate of drug-likeness (QED) is 0.793. The molecule has 0 aliphatic heterocycles. The molecule has 0 spiro atoms. The smallest absolute Gasteiger partial charge is 0.241 e. The molecule has 8 heteroatoms. The lowest BCUT2D eigenvalue weighted by molar-refractivity contribution is 0.280. The highest BCUT2D eigenvalue weighted by atomic mass is 79.9. The minimum absolute atomic E-state index is 0.0923. The molecule has 2 rings (SSSR count). The summed E-state index contributed by atoms with van der Waals surface area (Å²) in [6, 6.07) is 4.81. The normalized spacial score (nSPS) is 11.8. The predicted molar refractivity (Wildman–Crippen MR) is 88.2 cm³/mol. The predicted octanol–water partition coefficient (Wildman–Crippen LogP) is 3.44. The Kier molecular flexibility index (Phi) is 5.45. The molecule has 0 fully saturated rings.